The molecule has 1 aliphatic rings. The Balaban J connectivity index is 2.11. The zero-order valence-electron chi connectivity index (χ0n) is 10.5. The van der Waals surface area contributed by atoms with Crippen molar-refractivity contribution in [2.45, 2.75) is 65.1 Å². The summed E-state index contributed by atoms with van der Waals surface area (Å²) >= 11 is 0. The van der Waals surface area contributed by atoms with Crippen LogP contribution in [0.25, 0.3) is 0 Å². The maximum Gasteiger partial charge on any atom is 0.147 e. The Morgan fingerprint density at radius 3 is 2.62 bits per heavy atom. The molecular formula is C12H22N4. The van der Waals surface area contributed by atoms with Crippen LogP contribution in [0.3, 0.4) is 0 Å². The molecule has 1 N–H and O–H groups in total. The Morgan fingerprint density at radius 1 is 1.31 bits per heavy atom. The van der Waals surface area contributed by atoms with Gasteiger partial charge in [-0.15, -0.1) is 10.2 Å². The molecule has 0 aliphatic heterocycles. The number of aryl methyl sites for hydroxylation is 1. The van der Waals surface area contributed by atoms with Gasteiger partial charge in [0.05, 0.1) is 6.54 Å². The van der Waals surface area contributed by atoms with Gasteiger partial charge in [-0.25, -0.2) is 0 Å². The van der Waals surface area contributed by atoms with E-state index in [1.54, 1.807) is 0 Å². The van der Waals surface area contributed by atoms with Gasteiger partial charge in [0.1, 0.15) is 11.6 Å². The quantitative estimate of drug-likeness (QED) is 0.849. The topological polar surface area (TPSA) is 42.7 Å². The first-order valence-electron chi connectivity index (χ1n) is 6.32. The summed E-state index contributed by atoms with van der Waals surface area (Å²) in [4.78, 5) is 0. The highest BCUT2D eigenvalue weighted by atomic mass is 15.3. The molecule has 0 atom stereocenters. The summed E-state index contributed by atoms with van der Waals surface area (Å²) in [6, 6.07) is 1.13. The smallest absolute Gasteiger partial charge is 0.147 e. The number of nitrogens with one attached hydrogen (secondary N) is 1. The van der Waals surface area contributed by atoms with Crippen molar-refractivity contribution in [3.8, 4) is 0 Å². The Bertz CT molecular complexity index is 337. The maximum atomic E-state index is 4.28. The number of nitrogens with zero attached hydrogens (tertiary/aromatic N) is 3. The van der Waals surface area contributed by atoms with E-state index in [1.165, 1.54) is 25.7 Å². The van der Waals surface area contributed by atoms with Crippen molar-refractivity contribution in [3.05, 3.63) is 11.6 Å². The second kappa shape index (κ2) is 4.95. The molecule has 1 fully saturated rings. The molecule has 0 unspecified atom stereocenters. The zero-order valence-corrected chi connectivity index (χ0v) is 10.5. The van der Waals surface area contributed by atoms with E-state index in [0.717, 1.165) is 18.2 Å². The van der Waals surface area contributed by atoms with Crippen molar-refractivity contribution < 1.29 is 0 Å². The van der Waals surface area contributed by atoms with Crippen molar-refractivity contribution in [1.82, 2.24) is 20.1 Å². The lowest BCUT2D eigenvalue weighted by Gasteiger charge is -2.16. The molecule has 2 rings (SSSR count). The van der Waals surface area contributed by atoms with Gasteiger partial charge in [0.25, 0.3) is 0 Å². The molecule has 4 nitrogen and oxygen atoms in total. The molecule has 16 heavy (non-hydrogen) atoms. The van der Waals surface area contributed by atoms with Gasteiger partial charge < -0.3 is 9.88 Å². The highest BCUT2D eigenvalue weighted by molar-refractivity contribution is 4.98. The highest BCUT2D eigenvalue weighted by Gasteiger charge is 2.21. The van der Waals surface area contributed by atoms with E-state index < -0.39 is 0 Å². The first-order valence-corrected chi connectivity index (χ1v) is 6.32. The van der Waals surface area contributed by atoms with Crippen molar-refractivity contribution in [3.63, 3.8) is 0 Å². The molecule has 0 spiro atoms. The fourth-order valence-electron chi connectivity index (χ4n) is 2.47. The van der Waals surface area contributed by atoms with Crippen LogP contribution in [0.1, 0.15) is 57.2 Å². The van der Waals surface area contributed by atoms with E-state index in [4.69, 9.17) is 0 Å². The lowest BCUT2D eigenvalue weighted by atomic mass is 10.2. The van der Waals surface area contributed by atoms with Gasteiger partial charge in [-0.05, 0) is 19.8 Å². The summed E-state index contributed by atoms with van der Waals surface area (Å²) in [6.45, 7) is 7.20. The molecule has 1 heterocycles. The van der Waals surface area contributed by atoms with Gasteiger partial charge in [-0.3, -0.25) is 0 Å². The molecule has 1 aromatic heterocycles. The third-order valence-electron chi connectivity index (χ3n) is 3.30. The van der Waals surface area contributed by atoms with Gasteiger partial charge in [0.15, 0.2) is 0 Å². The summed E-state index contributed by atoms with van der Waals surface area (Å²) in [6.07, 6.45) is 5.26. The van der Waals surface area contributed by atoms with Crippen LogP contribution in [0.2, 0.25) is 0 Å². The maximum absolute atomic E-state index is 4.28. The van der Waals surface area contributed by atoms with Crippen LogP contribution in [0, 0.1) is 6.92 Å². The van der Waals surface area contributed by atoms with E-state index in [1.807, 2.05) is 0 Å². The summed E-state index contributed by atoms with van der Waals surface area (Å²) in [7, 11) is 0. The van der Waals surface area contributed by atoms with Crippen LogP contribution in [0.4, 0.5) is 0 Å². The monoisotopic (exact) mass is 222 g/mol. The largest absolute Gasteiger partial charge is 0.311 e. The van der Waals surface area contributed by atoms with Gasteiger partial charge >= 0.3 is 0 Å². The molecule has 90 valence electrons. The summed E-state index contributed by atoms with van der Waals surface area (Å²) in [5, 5.41) is 11.9. The molecule has 0 bridgehead atoms. The predicted octanol–water partition coefficient (Wildman–Crippen LogP) is 2.20. The van der Waals surface area contributed by atoms with Crippen LogP contribution < -0.4 is 5.32 Å². The average molecular weight is 222 g/mol. The number of hydrogen-bond acceptors (Lipinski definition) is 3. The molecule has 0 radical (unpaired) electrons. The lowest BCUT2D eigenvalue weighted by molar-refractivity contribution is 0.466. The molecule has 1 aliphatic carbocycles. The second-order valence-electron chi connectivity index (χ2n) is 5.01. The Morgan fingerprint density at radius 2 is 2.00 bits per heavy atom. The van der Waals surface area contributed by atoms with Crippen molar-refractivity contribution in [2.24, 2.45) is 0 Å². The molecule has 1 saturated carbocycles. The third kappa shape index (κ3) is 2.43. The van der Waals surface area contributed by atoms with E-state index in [-0.39, 0.29) is 0 Å². The molecule has 0 amide bonds. The lowest BCUT2D eigenvalue weighted by Crippen LogP contribution is -2.25. The van der Waals surface area contributed by atoms with Gasteiger partial charge in [0.2, 0.25) is 0 Å². The molecule has 4 heteroatoms. The minimum atomic E-state index is 0.494. The minimum Gasteiger partial charge on any atom is -0.311 e. The first-order chi connectivity index (χ1) is 7.68. The third-order valence-corrected chi connectivity index (χ3v) is 3.30. The second-order valence-corrected chi connectivity index (χ2v) is 5.01. The zero-order chi connectivity index (χ0) is 11.5. The fraction of sp³-hybridized carbons (Fsp3) is 0.833. The van der Waals surface area contributed by atoms with Gasteiger partial charge in [-0.1, -0.05) is 26.7 Å². The van der Waals surface area contributed by atoms with Crippen LogP contribution in [0.15, 0.2) is 0 Å². The molecular weight excluding hydrogens is 200 g/mol. The summed E-state index contributed by atoms with van der Waals surface area (Å²) < 4.78 is 2.34. The van der Waals surface area contributed by atoms with E-state index in [9.17, 15) is 0 Å². The SMILES string of the molecule is Cc1nnc(CNC(C)C)n1C1CCCC1. The standard InChI is InChI=1S/C12H22N4/c1-9(2)13-8-12-15-14-10(3)16(12)11-6-4-5-7-11/h9,11,13H,4-8H2,1-3H3. The molecule has 0 saturated heterocycles. The van der Waals surface area contributed by atoms with E-state index in [2.05, 4.69) is 40.9 Å². The summed E-state index contributed by atoms with van der Waals surface area (Å²) in [5.74, 6) is 2.16. The Labute approximate surface area is 97.5 Å². The number of rotatable bonds is 4. The average Bonchev–Trinajstić information content (AvgIpc) is 2.83. The highest BCUT2D eigenvalue weighted by Crippen LogP contribution is 2.30. The van der Waals surface area contributed by atoms with Crippen molar-refractivity contribution >= 4 is 0 Å². The van der Waals surface area contributed by atoms with Crippen LogP contribution in [-0.2, 0) is 6.54 Å². The van der Waals surface area contributed by atoms with Crippen molar-refractivity contribution in [1.29, 1.82) is 0 Å². The predicted molar refractivity (Wildman–Crippen MR) is 64.2 cm³/mol. The van der Waals surface area contributed by atoms with Crippen molar-refractivity contribution in [2.75, 3.05) is 0 Å². The molecule has 0 aromatic carbocycles. The number of hydrogen-bond donors (Lipinski definition) is 1. The van der Waals surface area contributed by atoms with Crippen LogP contribution in [-0.4, -0.2) is 20.8 Å². The Kier molecular flexibility index (Phi) is 3.59. The van der Waals surface area contributed by atoms with Crippen LogP contribution >= 0.6 is 0 Å². The first kappa shape index (κ1) is 11.6. The Hall–Kier alpha value is -0.900. The summed E-state index contributed by atoms with van der Waals surface area (Å²) in [5.41, 5.74) is 0. The van der Waals surface area contributed by atoms with Crippen LogP contribution in [0.5, 0.6) is 0 Å². The van der Waals surface area contributed by atoms with Gasteiger partial charge in [0, 0.05) is 12.1 Å². The fourth-order valence-corrected chi connectivity index (χ4v) is 2.47. The molecule has 1 aromatic rings. The van der Waals surface area contributed by atoms with E-state index >= 15 is 0 Å². The minimum absolute atomic E-state index is 0.494. The van der Waals surface area contributed by atoms with Gasteiger partial charge in [-0.2, -0.15) is 0 Å². The van der Waals surface area contributed by atoms with E-state index in [0.29, 0.717) is 12.1 Å². The normalized spacial score (nSPS) is 17.5. The number of aromatic nitrogens is 3.